The molecule has 0 saturated carbocycles. The second-order valence-electron chi connectivity index (χ2n) is 15.8. The van der Waals surface area contributed by atoms with Crippen molar-refractivity contribution in [3.8, 4) is 90.3 Å². The van der Waals surface area contributed by atoms with Gasteiger partial charge >= 0.3 is 0 Å². The smallest absolute Gasteiger partial charge is 0.128 e. The number of hydrogen-bond acceptors (Lipinski definition) is 4. The van der Waals surface area contributed by atoms with Gasteiger partial charge in [0.15, 0.2) is 0 Å². The second kappa shape index (κ2) is 17.0. The average Bonchev–Trinajstić information content (AvgIpc) is 3.37. The number of fused-ring (bicyclic) bond motifs is 2. The van der Waals surface area contributed by atoms with Crippen LogP contribution in [-0.2, 0) is 0 Å². The minimum Gasteiger partial charge on any atom is -0.457 e. The lowest BCUT2D eigenvalue weighted by molar-refractivity contribution is 0.483. The fourth-order valence-electron chi connectivity index (χ4n) is 8.25. The van der Waals surface area contributed by atoms with Crippen molar-refractivity contribution in [3.63, 3.8) is 0 Å². The number of nitrogens with zero attached hydrogens (tertiary/aromatic N) is 2. The zero-order valence-corrected chi connectivity index (χ0v) is 34.8. The molecule has 11 rings (SSSR count). The quantitative estimate of drug-likeness (QED) is 0.138. The van der Waals surface area contributed by atoms with E-state index in [9.17, 15) is 0 Å². The van der Waals surface area contributed by atoms with Crippen LogP contribution in [0, 0.1) is 0 Å². The molecule has 2 heterocycles. The van der Waals surface area contributed by atoms with E-state index in [4.69, 9.17) is 19.4 Å². The summed E-state index contributed by atoms with van der Waals surface area (Å²) in [6.45, 7) is 0. The third kappa shape index (κ3) is 8.24. The molecule has 0 aliphatic heterocycles. The summed E-state index contributed by atoms with van der Waals surface area (Å²) in [5.74, 6) is 3.07. The highest BCUT2D eigenvalue weighted by molar-refractivity contribution is 5.86. The molecule has 0 aliphatic carbocycles. The van der Waals surface area contributed by atoms with Crippen molar-refractivity contribution >= 4 is 21.5 Å². The van der Waals surface area contributed by atoms with Crippen LogP contribution in [0.1, 0.15) is 0 Å². The van der Waals surface area contributed by atoms with E-state index in [-0.39, 0.29) is 0 Å². The lowest BCUT2D eigenvalue weighted by Crippen LogP contribution is -1.93. The largest absolute Gasteiger partial charge is 0.457 e. The molecule has 0 fully saturated rings. The van der Waals surface area contributed by atoms with E-state index in [1.165, 1.54) is 10.8 Å². The van der Waals surface area contributed by atoms with Crippen LogP contribution in [0.4, 0.5) is 0 Å². The Balaban J connectivity index is 0.965. The van der Waals surface area contributed by atoms with Gasteiger partial charge < -0.3 is 9.47 Å². The molecule has 0 N–H and O–H groups in total. The molecule has 64 heavy (non-hydrogen) atoms. The van der Waals surface area contributed by atoms with E-state index in [2.05, 4.69) is 182 Å². The first-order valence-electron chi connectivity index (χ1n) is 21.4. The highest BCUT2D eigenvalue weighted by Crippen LogP contribution is 2.37. The normalized spacial score (nSPS) is 11.1. The molecule has 0 atom stereocenters. The lowest BCUT2D eigenvalue weighted by Gasteiger charge is -2.14. The van der Waals surface area contributed by atoms with E-state index in [1.807, 2.05) is 60.7 Å². The van der Waals surface area contributed by atoms with Crippen LogP contribution in [0.3, 0.4) is 0 Å². The molecule has 2 aromatic heterocycles. The van der Waals surface area contributed by atoms with Crippen LogP contribution in [0.2, 0.25) is 0 Å². The van der Waals surface area contributed by atoms with Gasteiger partial charge in [0.2, 0.25) is 0 Å². The molecule has 0 saturated heterocycles. The third-order valence-corrected chi connectivity index (χ3v) is 11.5. The van der Waals surface area contributed by atoms with Gasteiger partial charge in [-0.15, -0.1) is 0 Å². The van der Waals surface area contributed by atoms with Crippen molar-refractivity contribution in [2.45, 2.75) is 0 Å². The van der Waals surface area contributed by atoms with Gasteiger partial charge in [0, 0.05) is 22.3 Å². The van der Waals surface area contributed by atoms with Gasteiger partial charge in [-0.1, -0.05) is 164 Å². The highest BCUT2D eigenvalue weighted by Gasteiger charge is 2.14. The molecule has 4 nitrogen and oxygen atoms in total. The van der Waals surface area contributed by atoms with Crippen LogP contribution in [0.25, 0.3) is 88.8 Å². The van der Waals surface area contributed by atoms with Crippen LogP contribution < -0.4 is 9.47 Å². The summed E-state index contributed by atoms with van der Waals surface area (Å²) >= 11 is 0. The summed E-state index contributed by atoms with van der Waals surface area (Å²) in [4.78, 5) is 10.5. The Labute approximate surface area is 372 Å². The number of pyridine rings is 2. The maximum absolute atomic E-state index is 6.43. The van der Waals surface area contributed by atoms with Gasteiger partial charge in [0.25, 0.3) is 0 Å². The maximum Gasteiger partial charge on any atom is 0.128 e. The van der Waals surface area contributed by atoms with Crippen molar-refractivity contribution in [2.75, 3.05) is 0 Å². The Morgan fingerprint density at radius 1 is 0.203 bits per heavy atom. The van der Waals surface area contributed by atoms with E-state index >= 15 is 0 Å². The minimum atomic E-state index is 0.747. The Kier molecular flexibility index (Phi) is 10.2. The summed E-state index contributed by atoms with van der Waals surface area (Å²) in [5.41, 5.74) is 11.8. The number of aromatic nitrogens is 2. The summed E-state index contributed by atoms with van der Waals surface area (Å²) in [5, 5.41) is 4.63. The van der Waals surface area contributed by atoms with E-state index in [1.54, 1.807) is 0 Å². The molecule has 0 unspecified atom stereocenters. The fourth-order valence-corrected chi connectivity index (χ4v) is 8.25. The maximum atomic E-state index is 6.43. The molecule has 0 aliphatic rings. The number of hydrogen-bond donors (Lipinski definition) is 0. The molecule has 4 heteroatoms. The summed E-state index contributed by atoms with van der Waals surface area (Å²) in [6, 6.07) is 83.5. The molecule has 9 aromatic carbocycles. The first-order valence-corrected chi connectivity index (χ1v) is 21.4. The zero-order valence-electron chi connectivity index (χ0n) is 34.8. The molecule has 0 spiro atoms. The van der Waals surface area contributed by atoms with Crippen molar-refractivity contribution < 1.29 is 9.47 Å². The molecule has 0 amide bonds. The van der Waals surface area contributed by atoms with E-state index < -0.39 is 0 Å². The van der Waals surface area contributed by atoms with Gasteiger partial charge in [0.05, 0.1) is 22.8 Å². The van der Waals surface area contributed by atoms with Crippen molar-refractivity contribution in [3.05, 3.63) is 243 Å². The zero-order chi connectivity index (χ0) is 42.7. The Bertz CT molecular complexity index is 3230. The SMILES string of the molecule is c1ccc(-c2cc(-c3cccc(-c4cc(-c5ccccc5)nc(-c5cccc(Oc6ccc7ccccc7c6)c5)c4)c3)cc(-c3cccc(Oc4ccc5ccccc5c4)c3)n2)cc1. The van der Waals surface area contributed by atoms with E-state index in [0.717, 1.165) is 101 Å². The molecule has 0 radical (unpaired) electrons. The first kappa shape index (κ1) is 38.3. The monoisotopic (exact) mass is 820 g/mol. The lowest BCUT2D eigenvalue weighted by atomic mass is 9.95. The average molecular weight is 821 g/mol. The second-order valence-corrected chi connectivity index (χ2v) is 15.8. The number of rotatable bonds is 10. The summed E-state index contributed by atoms with van der Waals surface area (Å²) in [6.07, 6.45) is 0. The Morgan fingerprint density at radius 3 is 1.00 bits per heavy atom. The first-order chi connectivity index (χ1) is 31.6. The van der Waals surface area contributed by atoms with Crippen LogP contribution in [0.15, 0.2) is 243 Å². The predicted molar refractivity (Wildman–Crippen MR) is 263 cm³/mol. The van der Waals surface area contributed by atoms with Gasteiger partial charge in [-0.3, -0.25) is 0 Å². The standard InChI is InChI=1S/C60H40N2O2/c1-3-16-43(17-4-1)57-37-51(39-59(61-57)49-24-12-26-53(35-49)63-55-30-28-41-14-7-9-20-47(41)33-55)45-22-11-23-46(32-45)52-38-58(44-18-5-2-6-19-44)62-60(40-52)50-25-13-27-54(36-50)64-56-31-29-42-15-8-10-21-48(42)34-56/h1-40H. The Morgan fingerprint density at radius 2 is 0.547 bits per heavy atom. The fraction of sp³-hybridized carbons (Fsp3) is 0. The minimum absolute atomic E-state index is 0.747. The van der Waals surface area contributed by atoms with Gasteiger partial charge in [0.1, 0.15) is 23.0 Å². The van der Waals surface area contributed by atoms with Crippen molar-refractivity contribution in [1.82, 2.24) is 9.97 Å². The van der Waals surface area contributed by atoms with E-state index in [0.29, 0.717) is 0 Å². The van der Waals surface area contributed by atoms with Gasteiger partial charge in [-0.25, -0.2) is 9.97 Å². The topological polar surface area (TPSA) is 44.2 Å². The third-order valence-electron chi connectivity index (χ3n) is 11.5. The van der Waals surface area contributed by atoms with Crippen LogP contribution in [-0.4, -0.2) is 9.97 Å². The van der Waals surface area contributed by atoms with Gasteiger partial charge in [-0.05, 0) is 123 Å². The number of ether oxygens (including phenoxy) is 2. The summed E-state index contributed by atoms with van der Waals surface area (Å²) in [7, 11) is 0. The number of benzene rings is 9. The predicted octanol–water partition coefficient (Wildman–Crippen LogP) is 16.4. The molecule has 11 aromatic rings. The van der Waals surface area contributed by atoms with Crippen LogP contribution >= 0.6 is 0 Å². The van der Waals surface area contributed by atoms with Crippen molar-refractivity contribution in [1.29, 1.82) is 0 Å². The molecular weight excluding hydrogens is 781 g/mol. The molecular formula is C60H40N2O2. The Hall–Kier alpha value is -8.60. The summed E-state index contributed by atoms with van der Waals surface area (Å²) < 4.78 is 12.9. The highest BCUT2D eigenvalue weighted by atomic mass is 16.5. The van der Waals surface area contributed by atoms with Gasteiger partial charge in [-0.2, -0.15) is 0 Å². The molecule has 302 valence electrons. The van der Waals surface area contributed by atoms with Crippen molar-refractivity contribution in [2.24, 2.45) is 0 Å². The molecule has 0 bridgehead atoms. The van der Waals surface area contributed by atoms with Crippen LogP contribution in [0.5, 0.6) is 23.0 Å².